The minimum Gasteiger partial charge on any atom is -0.433 e. The van der Waals surface area contributed by atoms with Crippen molar-refractivity contribution < 1.29 is 13.5 Å². The molecule has 0 aliphatic rings. The van der Waals surface area contributed by atoms with Crippen molar-refractivity contribution in [2.45, 2.75) is 26.5 Å². The summed E-state index contributed by atoms with van der Waals surface area (Å²) >= 11 is 5.80. The number of aromatic nitrogens is 2. The Morgan fingerprint density at radius 2 is 2.04 bits per heavy atom. The summed E-state index contributed by atoms with van der Waals surface area (Å²) in [6.45, 7) is 0.699. The molecule has 0 saturated heterocycles. The van der Waals surface area contributed by atoms with Gasteiger partial charge in [0, 0.05) is 18.5 Å². The van der Waals surface area contributed by atoms with Crippen LogP contribution in [0.4, 0.5) is 20.4 Å². The van der Waals surface area contributed by atoms with Crippen molar-refractivity contribution in [1.29, 1.82) is 0 Å². The van der Waals surface area contributed by atoms with Crippen LogP contribution in [0.2, 0.25) is 5.02 Å². The Labute approximate surface area is 154 Å². The lowest BCUT2D eigenvalue weighted by Gasteiger charge is -2.13. The number of nitrogens with one attached hydrogen (secondary N) is 1. The van der Waals surface area contributed by atoms with Crippen LogP contribution in [0.25, 0.3) is 0 Å². The Bertz CT molecular complexity index is 798. The topological polar surface area (TPSA) is 97.8 Å². The van der Waals surface area contributed by atoms with Crippen LogP contribution in [-0.2, 0) is 0 Å². The van der Waals surface area contributed by atoms with Gasteiger partial charge >= 0.3 is 6.61 Å². The first-order valence-corrected chi connectivity index (χ1v) is 7.88. The second kappa shape index (κ2) is 9.04. The minimum atomic E-state index is -2.98. The lowest BCUT2D eigenvalue weighted by Crippen LogP contribution is -2.29. The van der Waals surface area contributed by atoms with Crippen LogP contribution in [0.5, 0.6) is 5.75 Å². The lowest BCUT2D eigenvalue weighted by atomic mass is 10.2. The molecule has 0 aliphatic heterocycles. The van der Waals surface area contributed by atoms with Crippen molar-refractivity contribution in [3.63, 3.8) is 0 Å². The van der Waals surface area contributed by atoms with E-state index >= 15 is 0 Å². The fraction of sp³-hybridized carbons (Fsp3) is 0.250. The van der Waals surface area contributed by atoms with Gasteiger partial charge in [-0.3, -0.25) is 4.99 Å². The van der Waals surface area contributed by atoms with Crippen LogP contribution >= 0.6 is 11.6 Å². The van der Waals surface area contributed by atoms with Crippen LogP contribution in [0.15, 0.2) is 40.7 Å². The first-order chi connectivity index (χ1) is 12.4. The molecule has 0 fully saturated rings. The molecule has 7 nitrogen and oxygen atoms in total. The minimum absolute atomic E-state index is 0.0588. The number of alkyl halides is 2. The number of hydrazone groups is 1. The molecule has 1 aromatic heterocycles. The van der Waals surface area contributed by atoms with E-state index in [0.717, 1.165) is 5.56 Å². The highest BCUT2D eigenvalue weighted by molar-refractivity contribution is 6.34. The quantitative estimate of drug-likeness (QED) is 0.433. The Morgan fingerprint density at radius 1 is 1.35 bits per heavy atom. The Balaban J connectivity index is 2.10. The number of ether oxygens (including phenoxy) is 1. The maximum absolute atomic E-state index is 12.4. The van der Waals surface area contributed by atoms with Gasteiger partial charge in [-0.15, -0.1) is 0 Å². The molecular formula is C16H17ClF2N6O. The molecule has 138 valence electrons. The molecule has 1 atom stereocenters. The summed E-state index contributed by atoms with van der Waals surface area (Å²) < 4.78 is 29.1. The molecule has 2 rings (SSSR count). The van der Waals surface area contributed by atoms with Gasteiger partial charge in [0.1, 0.15) is 11.5 Å². The van der Waals surface area contributed by atoms with Crippen LogP contribution in [0, 0.1) is 6.92 Å². The highest BCUT2D eigenvalue weighted by Gasteiger charge is 2.11. The van der Waals surface area contributed by atoms with Crippen molar-refractivity contribution in [2.75, 3.05) is 5.32 Å². The number of hydrogen-bond donors (Lipinski definition) is 2. The summed E-state index contributed by atoms with van der Waals surface area (Å²) in [5.74, 6) is 5.66. The number of aliphatic imine (C=N–C) groups is 1. The lowest BCUT2D eigenvalue weighted by molar-refractivity contribution is -0.0497. The molecule has 0 aliphatic carbocycles. The van der Waals surface area contributed by atoms with Crippen LogP contribution in [0.3, 0.4) is 0 Å². The maximum Gasteiger partial charge on any atom is 0.387 e. The third-order valence-electron chi connectivity index (χ3n) is 3.20. The zero-order chi connectivity index (χ0) is 19.1. The van der Waals surface area contributed by atoms with Gasteiger partial charge < -0.3 is 15.9 Å². The molecule has 0 radical (unpaired) electrons. The number of nitrogens with two attached hydrogens (primary N) is 1. The Hall–Kier alpha value is -2.81. The Kier molecular flexibility index (Phi) is 6.79. The van der Waals surface area contributed by atoms with Crippen molar-refractivity contribution in [3.05, 3.63) is 41.2 Å². The second-order valence-corrected chi connectivity index (χ2v) is 5.66. The first-order valence-electron chi connectivity index (χ1n) is 7.50. The zero-order valence-corrected chi connectivity index (χ0v) is 14.8. The number of aryl methyl sites for hydroxylation is 1. The number of halogens is 3. The molecule has 1 heterocycles. The zero-order valence-electron chi connectivity index (χ0n) is 14.0. The van der Waals surface area contributed by atoms with E-state index in [1.165, 1.54) is 18.3 Å². The first kappa shape index (κ1) is 19.5. The highest BCUT2D eigenvalue weighted by atomic mass is 35.5. The molecule has 3 N–H and O–H groups in total. The average Bonchev–Trinajstić information content (AvgIpc) is 2.59. The van der Waals surface area contributed by atoms with E-state index in [1.807, 2.05) is 6.92 Å². The molecule has 1 aromatic carbocycles. The van der Waals surface area contributed by atoms with Crippen LogP contribution < -0.4 is 15.9 Å². The molecule has 10 heteroatoms. The van der Waals surface area contributed by atoms with Gasteiger partial charge in [-0.05, 0) is 31.5 Å². The molecule has 2 aromatic rings. The van der Waals surface area contributed by atoms with E-state index in [0.29, 0.717) is 17.3 Å². The summed E-state index contributed by atoms with van der Waals surface area (Å²) in [5.41, 5.74) is 1.69. The standard InChI is InChI=1S/C16H17ClF2N6O/c1-9-6-22-16(23-7-9)24-10(2)13(25-20)8-21-11-3-4-12(17)14(5-11)26-15(18)19/h3-8,10,15H,20H2,1-2H3,(H,22,23,24)/t10-/m1/s1. The van der Waals surface area contributed by atoms with E-state index < -0.39 is 6.61 Å². The fourth-order valence-electron chi connectivity index (χ4n) is 1.89. The fourth-order valence-corrected chi connectivity index (χ4v) is 2.05. The number of hydrogen-bond acceptors (Lipinski definition) is 7. The van der Waals surface area contributed by atoms with Gasteiger partial charge in [-0.25, -0.2) is 9.97 Å². The maximum atomic E-state index is 12.4. The molecule has 0 bridgehead atoms. The highest BCUT2D eigenvalue weighted by Crippen LogP contribution is 2.30. The van der Waals surface area contributed by atoms with E-state index in [4.69, 9.17) is 17.4 Å². The number of rotatable bonds is 7. The smallest absolute Gasteiger partial charge is 0.387 e. The summed E-state index contributed by atoms with van der Waals surface area (Å²) in [4.78, 5) is 12.4. The number of nitrogens with zero attached hydrogens (tertiary/aromatic N) is 4. The SMILES string of the molecule is Cc1cnc(N[C@H](C)C(C=Nc2ccc(Cl)c(OC(F)F)c2)=NN)nc1. The summed E-state index contributed by atoms with van der Waals surface area (Å²) in [6, 6.07) is 3.91. The second-order valence-electron chi connectivity index (χ2n) is 5.26. The third kappa shape index (κ3) is 5.62. The van der Waals surface area contributed by atoms with Crippen molar-refractivity contribution in [2.24, 2.45) is 15.9 Å². The molecule has 26 heavy (non-hydrogen) atoms. The third-order valence-corrected chi connectivity index (χ3v) is 3.51. The van der Waals surface area contributed by atoms with Crippen molar-refractivity contribution in [1.82, 2.24) is 9.97 Å². The molecule has 0 spiro atoms. The van der Waals surface area contributed by atoms with Gasteiger partial charge in [0.05, 0.1) is 23.0 Å². The molecular weight excluding hydrogens is 366 g/mol. The predicted molar refractivity (Wildman–Crippen MR) is 97.7 cm³/mol. The number of anilines is 1. The van der Waals surface area contributed by atoms with E-state index in [9.17, 15) is 8.78 Å². The predicted octanol–water partition coefficient (Wildman–Crippen LogP) is 3.56. The summed E-state index contributed by atoms with van der Waals surface area (Å²) in [5, 5.41) is 6.77. The van der Waals surface area contributed by atoms with Crippen molar-refractivity contribution in [3.8, 4) is 5.75 Å². The molecule has 0 saturated carbocycles. The monoisotopic (exact) mass is 382 g/mol. The van der Waals surface area contributed by atoms with Gasteiger partial charge in [-0.1, -0.05) is 11.6 Å². The van der Waals surface area contributed by atoms with E-state index in [2.05, 4.69) is 30.1 Å². The van der Waals surface area contributed by atoms with E-state index in [1.54, 1.807) is 25.4 Å². The average molecular weight is 383 g/mol. The van der Waals surface area contributed by atoms with E-state index in [-0.39, 0.29) is 16.8 Å². The number of benzene rings is 1. The Morgan fingerprint density at radius 3 is 2.65 bits per heavy atom. The van der Waals surface area contributed by atoms with Crippen molar-refractivity contribution >= 4 is 35.2 Å². The van der Waals surface area contributed by atoms with Gasteiger partial charge in [-0.2, -0.15) is 13.9 Å². The largest absolute Gasteiger partial charge is 0.433 e. The van der Waals surface area contributed by atoms with Gasteiger partial charge in [0.25, 0.3) is 0 Å². The summed E-state index contributed by atoms with van der Waals surface area (Å²) in [7, 11) is 0. The van der Waals surface area contributed by atoms with Crippen LogP contribution in [0.1, 0.15) is 12.5 Å². The van der Waals surface area contributed by atoms with Gasteiger partial charge in [0.2, 0.25) is 5.95 Å². The normalized spacial score (nSPS) is 13.2. The molecule has 0 amide bonds. The molecule has 0 unspecified atom stereocenters. The van der Waals surface area contributed by atoms with Gasteiger partial charge in [0.15, 0.2) is 0 Å². The summed E-state index contributed by atoms with van der Waals surface area (Å²) in [6.07, 6.45) is 4.75. The van der Waals surface area contributed by atoms with Crippen LogP contribution in [-0.4, -0.2) is 34.5 Å².